The summed E-state index contributed by atoms with van der Waals surface area (Å²) in [6.45, 7) is 0.903. The summed E-state index contributed by atoms with van der Waals surface area (Å²) in [4.78, 5) is 10.5. The number of rotatable bonds is 1. The Balaban J connectivity index is 1.95. The second kappa shape index (κ2) is 2.46. The number of carboxylic acid groups (broad SMARTS) is 1. The number of ether oxygens (including phenoxy) is 2. The number of epoxide rings is 1. The van der Waals surface area contributed by atoms with Gasteiger partial charge in [0.1, 0.15) is 6.10 Å². The van der Waals surface area contributed by atoms with Crippen molar-refractivity contribution >= 4 is 5.97 Å². The highest BCUT2D eigenvalue weighted by Gasteiger charge is 2.44. The van der Waals surface area contributed by atoms with Crippen LogP contribution in [0.3, 0.4) is 0 Å². The van der Waals surface area contributed by atoms with E-state index in [9.17, 15) is 4.79 Å². The summed E-state index contributed by atoms with van der Waals surface area (Å²) in [5, 5.41) is 8.66. The van der Waals surface area contributed by atoms with Crippen LogP contribution in [0.4, 0.5) is 0 Å². The maximum atomic E-state index is 10.5. The molecule has 11 heavy (non-hydrogen) atoms. The van der Waals surface area contributed by atoms with E-state index in [0.29, 0.717) is 19.6 Å². The van der Waals surface area contributed by atoms with Gasteiger partial charge in [0.15, 0.2) is 0 Å². The first-order valence-corrected chi connectivity index (χ1v) is 3.73. The molecule has 2 rings (SSSR count). The zero-order chi connectivity index (χ0) is 7.84. The van der Waals surface area contributed by atoms with E-state index in [2.05, 4.69) is 0 Å². The molecule has 3 atom stereocenters. The molecule has 0 aromatic carbocycles. The summed E-state index contributed by atoms with van der Waals surface area (Å²) in [6.07, 6.45) is 0.943. The smallest absolute Gasteiger partial charge is 0.308 e. The van der Waals surface area contributed by atoms with E-state index < -0.39 is 5.97 Å². The quantitative estimate of drug-likeness (QED) is 0.540. The molecule has 0 bridgehead atoms. The Kier molecular flexibility index (Phi) is 1.58. The first-order valence-electron chi connectivity index (χ1n) is 3.73. The molecular formula is C7H10O4. The Bertz CT molecular complexity index is 179. The zero-order valence-electron chi connectivity index (χ0n) is 6.03. The lowest BCUT2D eigenvalue weighted by atomic mass is 10.0. The summed E-state index contributed by atoms with van der Waals surface area (Å²) < 4.78 is 10.3. The van der Waals surface area contributed by atoms with Crippen molar-refractivity contribution in [2.24, 2.45) is 5.92 Å². The van der Waals surface area contributed by atoms with Crippen LogP contribution in [0.15, 0.2) is 0 Å². The highest BCUT2D eigenvalue weighted by atomic mass is 16.6. The molecule has 0 saturated carbocycles. The topological polar surface area (TPSA) is 59.1 Å². The van der Waals surface area contributed by atoms with Crippen molar-refractivity contribution in [1.82, 2.24) is 0 Å². The average molecular weight is 158 g/mol. The molecule has 0 amide bonds. The van der Waals surface area contributed by atoms with Crippen LogP contribution in [0.25, 0.3) is 0 Å². The van der Waals surface area contributed by atoms with Gasteiger partial charge in [0.25, 0.3) is 0 Å². The van der Waals surface area contributed by atoms with Crippen molar-refractivity contribution in [3.63, 3.8) is 0 Å². The molecule has 2 heterocycles. The Morgan fingerprint density at radius 1 is 1.36 bits per heavy atom. The number of hydrogen-bond acceptors (Lipinski definition) is 3. The van der Waals surface area contributed by atoms with Crippen LogP contribution >= 0.6 is 0 Å². The Hall–Kier alpha value is -0.610. The molecule has 0 aromatic rings. The third kappa shape index (κ3) is 1.36. The average Bonchev–Trinajstić information content (AvgIpc) is 2.59. The zero-order valence-corrected chi connectivity index (χ0v) is 6.03. The van der Waals surface area contributed by atoms with Crippen LogP contribution in [-0.2, 0) is 14.3 Å². The molecule has 0 spiro atoms. The Morgan fingerprint density at radius 3 is 2.91 bits per heavy atom. The lowest BCUT2D eigenvalue weighted by Gasteiger charge is -2.07. The molecule has 1 N–H and O–H groups in total. The predicted octanol–water partition coefficient (Wildman–Crippen LogP) is -0.125. The van der Waals surface area contributed by atoms with Crippen LogP contribution < -0.4 is 0 Å². The van der Waals surface area contributed by atoms with Gasteiger partial charge in [-0.3, -0.25) is 4.79 Å². The van der Waals surface area contributed by atoms with Gasteiger partial charge in [-0.2, -0.15) is 0 Å². The van der Waals surface area contributed by atoms with Gasteiger partial charge in [-0.05, 0) is 6.42 Å². The van der Waals surface area contributed by atoms with Gasteiger partial charge in [-0.1, -0.05) is 0 Å². The Labute approximate surface area is 64.1 Å². The van der Waals surface area contributed by atoms with Gasteiger partial charge in [0, 0.05) is 0 Å². The van der Waals surface area contributed by atoms with Crippen molar-refractivity contribution in [3.8, 4) is 0 Å². The molecule has 0 aromatic heterocycles. The van der Waals surface area contributed by atoms with Crippen LogP contribution in [0.1, 0.15) is 6.42 Å². The minimum Gasteiger partial charge on any atom is -0.481 e. The van der Waals surface area contributed by atoms with Crippen LogP contribution in [0.2, 0.25) is 0 Å². The molecule has 0 aliphatic carbocycles. The predicted molar refractivity (Wildman–Crippen MR) is 35.2 cm³/mol. The van der Waals surface area contributed by atoms with E-state index in [1.54, 1.807) is 0 Å². The van der Waals surface area contributed by atoms with Crippen molar-refractivity contribution in [1.29, 1.82) is 0 Å². The number of fused-ring (bicyclic) bond motifs is 1. The van der Waals surface area contributed by atoms with Crippen molar-refractivity contribution in [3.05, 3.63) is 0 Å². The maximum Gasteiger partial charge on any atom is 0.308 e. The second-order valence-corrected chi connectivity index (χ2v) is 3.02. The molecule has 2 aliphatic heterocycles. The van der Waals surface area contributed by atoms with E-state index in [1.807, 2.05) is 0 Å². The van der Waals surface area contributed by atoms with E-state index in [-0.39, 0.29) is 18.1 Å². The maximum absolute atomic E-state index is 10.5. The van der Waals surface area contributed by atoms with E-state index in [1.165, 1.54) is 0 Å². The normalized spacial score (nSPS) is 42.4. The molecule has 62 valence electrons. The largest absolute Gasteiger partial charge is 0.481 e. The van der Waals surface area contributed by atoms with Crippen LogP contribution in [-0.4, -0.2) is 36.5 Å². The summed E-state index contributed by atoms with van der Waals surface area (Å²) in [6, 6.07) is 0. The number of carbonyl (C=O) groups is 1. The molecule has 4 heteroatoms. The highest BCUT2D eigenvalue weighted by Crippen LogP contribution is 2.31. The first-order chi connectivity index (χ1) is 5.27. The third-order valence-corrected chi connectivity index (χ3v) is 2.15. The van der Waals surface area contributed by atoms with Crippen molar-refractivity contribution < 1.29 is 19.4 Å². The van der Waals surface area contributed by atoms with Gasteiger partial charge in [0.2, 0.25) is 0 Å². The van der Waals surface area contributed by atoms with E-state index in [0.717, 1.165) is 0 Å². The second-order valence-electron chi connectivity index (χ2n) is 3.02. The van der Waals surface area contributed by atoms with Crippen molar-refractivity contribution in [2.75, 3.05) is 13.2 Å². The standard InChI is InChI=1S/C7H10O4/c8-7(9)4-1-5-6(11-5)3-10-2-4/h4-6H,1-3H2,(H,8,9). The van der Waals surface area contributed by atoms with Crippen LogP contribution in [0, 0.1) is 5.92 Å². The summed E-state index contributed by atoms with van der Waals surface area (Å²) in [5.41, 5.74) is 0. The molecule has 3 unspecified atom stereocenters. The fraction of sp³-hybridized carbons (Fsp3) is 0.857. The minimum atomic E-state index is -0.777. The van der Waals surface area contributed by atoms with Gasteiger partial charge >= 0.3 is 5.97 Å². The van der Waals surface area contributed by atoms with Gasteiger partial charge in [0.05, 0.1) is 25.2 Å². The fourth-order valence-corrected chi connectivity index (χ4v) is 1.38. The number of carboxylic acids is 1. The third-order valence-electron chi connectivity index (χ3n) is 2.15. The number of aliphatic carboxylic acids is 1. The van der Waals surface area contributed by atoms with Gasteiger partial charge in [-0.25, -0.2) is 0 Å². The van der Waals surface area contributed by atoms with Gasteiger partial charge in [-0.15, -0.1) is 0 Å². The van der Waals surface area contributed by atoms with E-state index >= 15 is 0 Å². The summed E-state index contributed by atoms with van der Waals surface area (Å²) >= 11 is 0. The fourth-order valence-electron chi connectivity index (χ4n) is 1.38. The highest BCUT2D eigenvalue weighted by molar-refractivity contribution is 5.70. The lowest BCUT2D eigenvalue weighted by molar-refractivity contribution is -0.144. The SMILES string of the molecule is O=C(O)C1COCC2OC2C1. The lowest BCUT2D eigenvalue weighted by Crippen LogP contribution is -2.19. The van der Waals surface area contributed by atoms with Gasteiger partial charge < -0.3 is 14.6 Å². The van der Waals surface area contributed by atoms with Crippen molar-refractivity contribution in [2.45, 2.75) is 18.6 Å². The first kappa shape index (κ1) is 7.06. The monoisotopic (exact) mass is 158 g/mol. The molecule has 4 nitrogen and oxygen atoms in total. The minimum absolute atomic E-state index is 0.151. The molecule has 2 saturated heterocycles. The molecule has 0 radical (unpaired) electrons. The molecule has 2 aliphatic rings. The number of hydrogen-bond donors (Lipinski definition) is 1. The summed E-state index contributed by atoms with van der Waals surface area (Å²) in [7, 11) is 0. The van der Waals surface area contributed by atoms with Crippen LogP contribution in [0.5, 0.6) is 0 Å². The molecule has 2 fully saturated rings. The summed E-state index contributed by atoms with van der Waals surface area (Å²) in [5.74, 6) is -1.14. The Morgan fingerprint density at radius 2 is 2.18 bits per heavy atom. The van der Waals surface area contributed by atoms with E-state index in [4.69, 9.17) is 14.6 Å². The molecular weight excluding hydrogens is 148 g/mol.